The lowest BCUT2D eigenvalue weighted by molar-refractivity contribution is -0.123. The first kappa shape index (κ1) is 15.4. The van der Waals surface area contributed by atoms with Crippen molar-refractivity contribution in [3.63, 3.8) is 0 Å². The Morgan fingerprint density at radius 2 is 2.11 bits per heavy atom. The van der Waals surface area contributed by atoms with Crippen LogP contribution >= 0.6 is 0 Å². The van der Waals surface area contributed by atoms with Gasteiger partial charge in [0, 0.05) is 12.1 Å². The predicted octanol–water partition coefficient (Wildman–Crippen LogP) is 0.410. The third-order valence-electron chi connectivity index (χ3n) is 3.50. The van der Waals surface area contributed by atoms with Crippen molar-refractivity contribution >= 4 is 15.7 Å². The van der Waals surface area contributed by atoms with Gasteiger partial charge in [0.1, 0.15) is 0 Å². The Kier molecular flexibility index (Phi) is 5.59. The number of carbonyl (C=O) groups excluding carboxylic acids is 1. The SMILES string of the molecule is CCC(C)NC(=O)CN(CC)C1CCS(=O)(=O)C1. The molecular weight excluding hydrogens is 252 g/mol. The molecule has 1 amide bonds. The van der Waals surface area contributed by atoms with Crippen molar-refractivity contribution in [3.8, 4) is 0 Å². The molecule has 0 bridgehead atoms. The van der Waals surface area contributed by atoms with E-state index in [2.05, 4.69) is 5.32 Å². The van der Waals surface area contributed by atoms with Crippen LogP contribution in [0.15, 0.2) is 0 Å². The minimum absolute atomic E-state index is 0.00248. The third-order valence-corrected chi connectivity index (χ3v) is 5.25. The number of hydrogen-bond acceptors (Lipinski definition) is 4. The van der Waals surface area contributed by atoms with E-state index in [-0.39, 0.29) is 29.5 Å². The molecule has 1 aliphatic rings. The number of nitrogens with zero attached hydrogens (tertiary/aromatic N) is 1. The largest absolute Gasteiger partial charge is 0.353 e. The maximum Gasteiger partial charge on any atom is 0.234 e. The highest BCUT2D eigenvalue weighted by Gasteiger charge is 2.32. The topological polar surface area (TPSA) is 66.5 Å². The fourth-order valence-electron chi connectivity index (χ4n) is 2.17. The van der Waals surface area contributed by atoms with Crippen LogP contribution in [-0.4, -0.2) is 55.9 Å². The highest BCUT2D eigenvalue weighted by atomic mass is 32.2. The average molecular weight is 276 g/mol. The Bertz CT molecular complexity index is 381. The summed E-state index contributed by atoms with van der Waals surface area (Å²) < 4.78 is 22.9. The van der Waals surface area contributed by atoms with Gasteiger partial charge in [-0.3, -0.25) is 9.69 Å². The van der Waals surface area contributed by atoms with E-state index < -0.39 is 9.84 Å². The van der Waals surface area contributed by atoms with Crippen LogP contribution in [0, 0.1) is 0 Å². The van der Waals surface area contributed by atoms with E-state index in [9.17, 15) is 13.2 Å². The minimum Gasteiger partial charge on any atom is -0.353 e. The van der Waals surface area contributed by atoms with Gasteiger partial charge in [0.2, 0.25) is 5.91 Å². The van der Waals surface area contributed by atoms with Crippen LogP contribution < -0.4 is 5.32 Å². The second kappa shape index (κ2) is 6.52. The molecule has 5 nitrogen and oxygen atoms in total. The van der Waals surface area contributed by atoms with Gasteiger partial charge >= 0.3 is 0 Å². The number of sulfone groups is 1. The Morgan fingerprint density at radius 3 is 2.56 bits per heavy atom. The van der Waals surface area contributed by atoms with Crippen LogP contribution in [0.2, 0.25) is 0 Å². The van der Waals surface area contributed by atoms with E-state index in [0.29, 0.717) is 19.5 Å². The van der Waals surface area contributed by atoms with E-state index in [4.69, 9.17) is 0 Å². The monoisotopic (exact) mass is 276 g/mol. The Morgan fingerprint density at radius 1 is 1.44 bits per heavy atom. The summed E-state index contributed by atoms with van der Waals surface area (Å²) >= 11 is 0. The van der Waals surface area contributed by atoms with Gasteiger partial charge in [-0.15, -0.1) is 0 Å². The standard InChI is InChI=1S/C12H24N2O3S/c1-4-10(3)13-12(15)8-14(5-2)11-6-7-18(16,17)9-11/h10-11H,4-9H2,1-3H3,(H,13,15). The van der Waals surface area contributed by atoms with Gasteiger partial charge in [0.05, 0.1) is 18.1 Å². The summed E-state index contributed by atoms with van der Waals surface area (Å²) in [6.07, 6.45) is 1.54. The van der Waals surface area contributed by atoms with Crippen molar-refractivity contribution in [2.75, 3.05) is 24.6 Å². The summed E-state index contributed by atoms with van der Waals surface area (Å²) in [7, 11) is -2.89. The molecule has 6 heteroatoms. The first-order valence-corrected chi connectivity index (χ1v) is 8.44. The van der Waals surface area contributed by atoms with Crippen LogP contribution in [0.5, 0.6) is 0 Å². The number of likely N-dealkylation sites (N-methyl/N-ethyl adjacent to an activating group) is 1. The van der Waals surface area contributed by atoms with Crippen molar-refractivity contribution < 1.29 is 13.2 Å². The molecule has 0 spiro atoms. The van der Waals surface area contributed by atoms with Crippen LogP contribution in [0.3, 0.4) is 0 Å². The molecule has 18 heavy (non-hydrogen) atoms. The molecule has 0 aliphatic carbocycles. The van der Waals surface area contributed by atoms with Crippen molar-refractivity contribution in [3.05, 3.63) is 0 Å². The van der Waals surface area contributed by atoms with Crippen LogP contribution in [0.4, 0.5) is 0 Å². The second-order valence-corrected chi connectivity index (χ2v) is 7.23. The molecule has 2 atom stereocenters. The maximum atomic E-state index is 11.8. The number of hydrogen-bond donors (Lipinski definition) is 1. The van der Waals surface area contributed by atoms with Gasteiger partial charge in [0.15, 0.2) is 9.84 Å². The van der Waals surface area contributed by atoms with Gasteiger partial charge in [-0.1, -0.05) is 13.8 Å². The third kappa shape index (κ3) is 4.57. The van der Waals surface area contributed by atoms with Gasteiger partial charge in [-0.2, -0.15) is 0 Å². The zero-order chi connectivity index (χ0) is 13.8. The van der Waals surface area contributed by atoms with Crippen LogP contribution in [0.25, 0.3) is 0 Å². The molecule has 1 rings (SSSR count). The first-order chi connectivity index (χ1) is 8.38. The normalized spacial score (nSPS) is 24.1. The lowest BCUT2D eigenvalue weighted by atomic mass is 10.2. The van der Waals surface area contributed by atoms with Crippen molar-refractivity contribution in [1.29, 1.82) is 0 Å². The molecule has 1 fully saturated rings. The molecule has 0 aromatic heterocycles. The van der Waals surface area contributed by atoms with E-state index in [1.807, 2.05) is 25.7 Å². The lowest BCUT2D eigenvalue weighted by Crippen LogP contribution is -2.45. The summed E-state index contributed by atoms with van der Waals surface area (Å²) in [5.74, 6) is 0.425. The molecular formula is C12H24N2O3S. The molecule has 1 heterocycles. The quantitative estimate of drug-likeness (QED) is 0.763. The molecule has 1 saturated heterocycles. The fraction of sp³-hybridized carbons (Fsp3) is 0.917. The molecule has 0 radical (unpaired) electrons. The average Bonchev–Trinajstić information content (AvgIpc) is 2.66. The van der Waals surface area contributed by atoms with Crippen LogP contribution in [-0.2, 0) is 14.6 Å². The van der Waals surface area contributed by atoms with Gasteiger partial charge in [-0.25, -0.2) is 8.42 Å². The lowest BCUT2D eigenvalue weighted by Gasteiger charge is -2.26. The van der Waals surface area contributed by atoms with Gasteiger partial charge < -0.3 is 5.32 Å². The van der Waals surface area contributed by atoms with E-state index in [1.54, 1.807) is 0 Å². The highest BCUT2D eigenvalue weighted by Crippen LogP contribution is 2.17. The molecule has 0 aromatic carbocycles. The number of rotatable bonds is 6. The Balaban J connectivity index is 2.50. The number of amides is 1. The summed E-state index contributed by atoms with van der Waals surface area (Å²) in [5, 5.41) is 2.91. The molecule has 106 valence electrons. The van der Waals surface area contributed by atoms with Crippen molar-refractivity contribution in [1.82, 2.24) is 10.2 Å². The molecule has 0 aromatic rings. The number of carbonyl (C=O) groups is 1. The maximum absolute atomic E-state index is 11.8. The predicted molar refractivity (Wildman–Crippen MR) is 72.2 cm³/mol. The summed E-state index contributed by atoms with van der Waals surface area (Å²) in [5.41, 5.74) is 0. The van der Waals surface area contributed by atoms with Crippen LogP contribution in [0.1, 0.15) is 33.6 Å². The fourth-order valence-corrected chi connectivity index (χ4v) is 3.93. The molecule has 0 saturated carbocycles. The molecule has 1 N–H and O–H groups in total. The van der Waals surface area contributed by atoms with Crippen molar-refractivity contribution in [2.45, 2.75) is 45.7 Å². The second-order valence-electron chi connectivity index (χ2n) is 5.00. The Labute approximate surface area is 110 Å². The van der Waals surface area contributed by atoms with Crippen molar-refractivity contribution in [2.24, 2.45) is 0 Å². The zero-order valence-corrected chi connectivity index (χ0v) is 12.3. The minimum atomic E-state index is -2.89. The zero-order valence-electron chi connectivity index (χ0n) is 11.5. The first-order valence-electron chi connectivity index (χ1n) is 6.61. The smallest absolute Gasteiger partial charge is 0.234 e. The number of nitrogens with one attached hydrogen (secondary N) is 1. The van der Waals surface area contributed by atoms with Gasteiger partial charge in [0.25, 0.3) is 0 Å². The molecule has 1 aliphatic heterocycles. The summed E-state index contributed by atoms with van der Waals surface area (Å²) in [4.78, 5) is 13.8. The highest BCUT2D eigenvalue weighted by molar-refractivity contribution is 7.91. The van der Waals surface area contributed by atoms with E-state index in [0.717, 1.165) is 6.42 Å². The molecule has 2 unspecified atom stereocenters. The van der Waals surface area contributed by atoms with E-state index in [1.165, 1.54) is 0 Å². The van der Waals surface area contributed by atoms with E-state index >= 15 is 0 Å². The van der Waals surface area contributed by atoms with Gasteiger partial charge in [-0.05, 0) is 26.3 Å². The Hall–Kier alpha value is -0.620. The summed E-state index contributed by atoms with van der Waals surface area (Å²) in [6, 6.07) is 0.172. The summed E-state index contributed by atoms with van der Waals surface area (Å²) in [6.45, 7) is 6.94.